The Morgan fingerprint density at radius 2 is 1.87 bits per heavy atom. The molecule has 2 aromatic carbocycles. The largest absolute Gasteiger partial charge is 0.505 e. The van der Waals surface area contributed by atoms with Crippen LogP contribution in [0.25, 0.3) is 10.9 Å². The second kappa shape index (κ2) is 8.55. The highest BCUT2D eigenvalue weighted by Gasteiger charge is 2.23. The monoisotopic (exact) mass is 430 g/mol. The van der Waals surface area contributed by atoms with Gasteiger partial charge < -0.3 is 15.5 Å². The molecule has 0 fully saturated rings. The molecule has 1 aromatic heterocycles. The number of carboxylic acid groups (broad SMARTS) is 1. The zero-order valence-electron chi connectivity index (χ0n) is 16.8. The first-order chi connectivity index (χ1) is 14.6. The number of aliphatic carboxylic acids is 1. The van der Waals surface area contributed by atoms with Gasteiger partial charge in [0.15, 0.2) is 11.6 Å². The van der Waals surface area contributed by atoms with Gasteiger partial charge in [0, 0.05) is 29.3 Å². The zero-order valence-corrected chi connectivity index (χ0v) is 16.8. The fourth-order valence-corrected chi connectivity index (χ4v) is 3.30. The molecule has 0 aliphatic heterocycles. The number of aromatic hydroxyl groups is 1. The first-order valence-electron chi connectivity index (χ1n) is 9.42. The Bertz CT molecular complexity index is 1200. The number of amides is 1. The van der Waals surface area contributed by atoms with Gasteiger partial charge in [-0.2, -0.15) is 0 Å². The highest BCUT2D eigenvalue weighted by Crippen LogP contribution is 2.32. The maximum Gasteiger partial charge on any atom is 0.308 e. The predicted octanol–water partition coefficient (Wildman–Crippen LogP) is 3.00. The van der Waals surface area contributed by atoms with Crippen LogP contribution in [0.4, 0.5) is 8.78 Å². The summed E-state index contributed by atoms with van der Waals surface area (Å²) in [5.74, 6) is -5.20. The molecule has 3 aromatic rings. The maximum absolute atomic E-state index is 14.1. The lowest BCUT2D eigenvalue weighted by Gasteiger charge is -2.09. The Hall–Kier alpha value is -3.75. The molecule has 0 bridgehead atoms. The van der Waals surface area contributed by atoms with Gasteiger partial charge in [0.1, 0.15) is 5.82 Å². The third-order valence-corrected chi connectivity index (χ3v) is 5.04. The molecule has 9 heteroatoms. The Balaban J connectivity index is 2.05. The summed E-state index contributed by atoms with van der Waals surface area (Å²) in [5, 5.41) is 21.5. The minimum Gasteiger partial charge on any atom is -0.505 e. The number of fused-ring (bicyclic) bond motifs is 1. The topological polar surface area (TPSA) is 109 Å². The fourth-order valence-electron chi connectivity index (χ4n) is 3.30. The lowest BCUT2D eigenvalue weighted by atomic mass is 10.1. The summed E-state index contributed by atoms with van der Waals surface area (Å²) in [4.78, 5) is 36.4. The molecular weight excluding hydrogens is 410 g/mol. The van der Waals surface area contributed by atoms with Crippen molar-refractivity contribution in [2.45, 2.75) is 20.3 Å². The molecule has 1 heterocycles. The van der Waals surface area contributed by atoms with Crippen LogP contribution >= 0.6 is 0 Å². The van der Waals surface area contributed by atoms with E-state index in [-0.39, 0.29) is 29.4 Å². The van der Waals surface area contributed by atoms with Crippen LogP contribution in [0, 0.1) is 24.5 Å². The standard InChI is InChI=1S/C22H20F2N2O5/c1-11(22(30)31)10-25-20(28)8-15-12(2)26(18-9-17(24)19(27)7-16(15)18)21(29)13-4-3-5-14(23)6-13/h3-7,9,11,27H,8,10H2,1-2H3,(H,25,28)(H,30,31). The summed E-state index contributed by atoms with van der Waals surface area (Å²) < 4.78 is 28.8. The lowest BCUT2D eigenvalue weighted by Crippen LogP contribution is -2.32. The van der Waals surface area contributed by atoms with Crippen LogP contribution in [0.2, 0.25) is 0 Å². The molecular formula is C22H20F2N2O5. The molecule has 7 nitrogen and oxygen atoms in total. The number of phenolic OH excluding ortho intramolecular Hbond substituents is 1. The normalized spacial score (nSPS) is 12.0. The molecule has 0 aliphatic carbocycles. The quantitative estimate of drug-likeness (QED) is 0.557. The van der Waals surface area contributed by atoms with Gasteiger partial charge in [-0.05, 0) is 36.8 Å². The first-order valence-corrected chi connectivity index (χ1v) is 9.42. The highest BCUT2D eigenvalue weighted by atomic mass is 19.1. The number of halogens is 2. The number of hydrogen-bond donors (Lipinski definition) is 3. The summed E-state index contributed by atoms with van der Waals surface area (Å²) in [6.45, 7) is 2.90. The fraction of sp³-hybridized carbons (Fsp3) is 0.227. The molecule has 31 heavy (non-hydrogen) atoms. The molecule has 0 aliphatic rings. The van der Waals surface area contributed by atoms with Gasteiger partial charge in [0.2, 0.25) is 5.91 Å². The molecule has 0 saturated heterocycles. The van der Waals surface area contributed by atoms with E-state index in [0.717, 1.165) is 22.8 Å². The van der Waals surface area contributed by atoms with Gasteiger partial charge in [-0.3, -0.25) is 19.0 Å². The van der Waals surface area contributed by atoms with E-state index in [1.807, 2.05) is 0 Å². The third-order valence-electron chi connectivity index (χ3n) is 5.04. The van der Waals surface area contributed by atoms with Crippen LogP contribution in [0.15, 0.2) is 36.4 Å². The molecule has 3 N–H and O–H groups in total. The van der Waals surface area contributed by atoms with Crippen molar-refractivity contribution in [3.8, 4) is 5.75 Å². The van der Waals surface area contributed by atoms with Gasteiger partial charge in [0.05, 0.1) is 17.9 Å². The van der Waals surface area contributed by atoms with Crippen LogP contribution in [-0.2, 0) is 16.0 Å². The van der Waals surface area contributed by atoms with E-state index in [2.05, 4.69) is 5.32 Å². The van der Waals surface area contributed by atoms with E-state index in [1.54, 1.807) is 6.92 Å². The van der Waals surface area contributed by atoms with Gasteiger partial charge in [0.25, 0.3) is 5.91 Å². The average Bonchev–Trinajstić information content (AvgIpc) is 2.96. The number of carbonyl (C=O) groups is 3. The minimum atomic E-state index is -1.06. The van der Waals surface area contributed by atoms with Crippen LogP contribution in [-0.4, -0.2) is 39.1 Å². The van der Waals surface area contributed by atoms with Gasteiger partial charge in [-0.25, -0.2) is 8.78 Å². The SMILES string of the molecule is Cc1c(CC(=O)NCC(C)C(=O)O)c2cc(O)c(F)cc2n1C(=O)c1cccc(F)c1. The summed E-state index contributed by atoms with van der Waals surface area (Å²) >= 11 is 0. The van der Waals surface area contributed by atoms with Crippen molar-refractivity contribution in [2.75, 3.05) is 6.54 Å². The molecule has 1 amide bonds. The van der Waals surface area contributed by atoms with E-state index in [9.17, 15) is 28.3 Å². The molecule has 1 unspecified atom stereocenters. The number of aromatic nitrogens is 1. The van der Waals surface area contributed by atoms with Crippen molar-refractivity contribution >= 4 is 28.7 Å². The number of nitrogens with one attached hydrogen (secondary N) is 1. The number of carboxylic acids is 1. The van der Waals surface area contributed by atoms with Crippen molar-refractivity contribution in [2.24, 2.45) is 5.92 Å². The summed E-state index contributed by atoms with van der Waals surface area (Å²) in [6, 6.07) is 7.10. The zero-order chi connectivity index (χ0) is 22.9. The van der Waals surface area contributed by atoms with Gasteiger partial charge in [-0.15, -0.1) is 0 Å². The number of nitrogens with zero attached hydrogens (tertiary/aromatic N) is 1. The Labute approximate surface area is 175 Å². The summed E-state index contributed by atoms with van der Waals surface area (Å²) in [7, 11) is 0. The molecule has 3 rings (SSSR count). The Morgan fingerprint density at radius 1 is 1.16 bits per heavy atom. The third kappa shape index (κ3) is 4.40. The maximum atomic E-state index is 14.1. The van der Waals surface area contributed by atoms with E-state index in [1.165, 1.54) is 25.1 Å². The second-order valence-electron chi connectivity index (χ2n) is 7.26. The van der Waals surface area contributed by atoms with E-state index in [4.69, 9.17) is 5.11 Å². The van der Waals surface area contributed by atoms with Gasteiger partial charge >= 0.3 is 5.97 Å². The molecule has 0 radical (unpaired) electrons. The number of hydrogen-bond acceptors (Lipinski definition) is 4. The smallest absolute Gasteiger partial charge is 0.308 e. The molecule has 0 spiro atoms. The highest BCUT2D eigenvalue weighted by molar-refractivity contribution is 6.05. The summed E-state index contributed by atoms with van der Waals surface area (Å²) in [6.07, 6.45) is -0.233. The van der Waals surface area contributed by atoms with Crippen molar-refractivity contribution in [1.29, 1.82) is 0 Å². The van der Waals surface area contributed by atoms with Crippen LogP contribution in [0.5, 0.6) is 5.75 Å². The lowest BCUT2D eigenvalue weighted by molar-refractivity contribution is -0.141. The first kappa shape index (κ1) is 21.9. The van der Waals surface area contributed by atoms with Crippen molar-refractivity contribution in [3.63, 3.8) is 0 Å². The number of carbonyl (C=O) groups excluding carboxylic acids is 2. The Kier molecular flexibility index (Phi) is 6.05. The van der Waals surface area contributed by atoms with Crippen LogP contribution in [0.1, 0.15) is 28.5 Å². The second-order valence-corrected chi connectivity index (χ2v) is 7.26. The number of phenols is 1. The molecule has 162 valence electrons. The number of benzene rings is 2. The number of rotatable bonds is 6. The van der Waals surface area contributed by atoms with Crippen LogP contribution in [0.3, 0.4) is 0 Å². The van der Waals surface area contributed by atoms with E-state index >= 15 is 0 Å². The minimum absolute atomic E-state index is 0.0276. The molecule has 0 saturated carbocycles. The Morgan fingerprint density at radius 3 is 2.52 bits per heavy atom. The van der Waals surface area contributed by atoms with Crippen LogP contribution < -0.4 is 5.32 Å². The van der Waals surface area contributed by atoms with Crippen molar-refractivity contribution in [1.82, 2.24) is 9.88 Å². The predicted molar refractivity (Wildman–Crippen MR) is 108 cm³/mol. The van der Waals surface area contributed by atoms with Crippen molar-refractivity contribution in [3.05, 3.63) is 64.9 Å². The average molecular weight is 430 g/mol. The van der Waals surface area contributed by atoms with E-state index < -0.39 is 41.1 Å². The van der Waals surface area contributed by atoms with E-state index in [0.29, 0.717) is 11.3 Å². The molecule has 1 atom stereocenters. The van der Waals surface area contributed by atoms with Crippen molar-refractivity contribution < 1.29 is 33.4 Å². The summed E-state index contributed by atoms with van der Waals surface area (Å²) in [5.41, 5.74) is 0.815. The van der Waals surface area contributed by atoms with Gasteiger partial charge in [-0.1, -0.05) is 13.0 Å².